The maximum absolute atomic E-state index is 5.67. The molecule has 35 heavy (non-hydrogen) atoms. The Bertz CT molecular complexity index is 1110. The molecular weight excluding hydrogens is 440 g/mol. The highest BCUT2D eigenvalue weighted by atomic mass is 16.5. The highest BCUT2D eigenvalue weighted by Crippen LogP contribution is 2.46. The number of piperidine rings is 1. The Balaban J connectivity index is 1.44. The predicted molar refractivity (Wildman–Crippen MR) is 139 cm³/mol. The van der Waals surface area contributed by atoms with E-state index in [1.165, 1.54) is 34.4 Å². The Morgan fingerprint density at radius 2 is 1.49 bits per heavy atom. The molecule has 0 amide bonds. The minimum atomic E-state index is 0.417. The molecule has 6 heteroatoms. The van der Waals surface area contributed by atoms with Crippen molar-refractivity contribution in [1.29, 1.82) is 0 Å². The van der Waals surface area contributed by atoms with Gasteiger partial charge in [0, 0.05) is 37.0 Å². The lowest BCUT2D eigenvalue weighted by Gasteiger charge is -2.47. The first-order valence-corrected chi connectivity index (χ1v) is 12.9. The zero-order valence-corrected chi connectivity index (χ0v) is 21.7. The van der Waals surface area contributed by atoms with Crippen molar-refractivity contribution in [2.45, 2.75) is 45.1 Å². The molecule has 6 nitrogen and oxygen atoms in total. The predicted octanol–water partition coefficient (Wildman–Crippen LogP) is 5.10. The lowest BCUT2D eigenvalue weighted by molar-refractivity contribution is 0.0546. The van der Waals surface area contributed by atoms with Crippen LogP contribution in [0.4, 0.5) is 0 Å². The van der Waals surface area contributed by atoms with Gasteiger partial charge >= 0.3 is 0 Å². The molecule has 3 heterocycles. The van der Waals surface area contributed by atoms with Crippen molar-refractivity contribution in [2.24, 2.45) is 16.8 Å². The summed E-state index contributed by atoms with van der Waals surface area (Å²) in [6, 6.07) is 9.10. The Morgan fingerprint density at radius 3 is 2.17 bits per heavy atom. The molecule has 3 atom stereocenters. The highest BCUT2D eigenvalue weighted by Gasteiger charge is 2.39. The fourth-order valence-electron chi connectivity index (χ4n) is 6.43. The number of ether oxygens (including phenoxy) is 4. The number of benzene rings is 2. The molecule has 0 spiro atoms. The second-order valence-corrected chi connectivity index (χ2v) is 9.98. The molecule has 188 valence electrons. The molecule has 0 N–H and O–H groups in total. The zero-order chi connectivity index (χ0) is 24.5. The summed E-state index contributed by atoms with van der Waals surface area (Å²) in [5.74, 6) is 4.49. The van der Waals surface area contributed by atoms with Gasteiger partial charge < -0.3 is 18.9 Å². The fraction of sp³-hybridized carbons (Fsp3) is 0.552. The lowest BCUT2D eigenvalue weighted by Crippen LogP contribution is -2.46. The van der Waals surface area contributed by atoms with Gasteiger partial charge in [0.1, 0.15) is 0 Å². The Kier molecular flexibility index (Phi) is 6.92. The summed E-state index contributed by atoms with van der Waals surface area (Å²) in [7, 11) is 6.85. The van der Waals surface area contributed by atoms with Crippen LogP contribution >= 0.6 is 0 Å². The van der Waals surface area contributed by atoms with Gasteiger partial charge in [-0.05, 0) is 78.5 Å². The van der Waals surface area contributed by atoms with Crippen LogP contribution in [0.1, 0.15) is 54.5 Å². The fourth-order valence-corrected chi connectivity index (χ4v) is 6.43. The van der Waals surface area contributed by atoms with Crippen molar-refractivity contribution in [2.75, 3.05) is 48.1 Å². The van der Waals surface area contributed by atoms with Crippen LogP contribution in [0, 0.1) is 11.8 Å². The summed E-state index contributed by atoms with van der Waals surface area (Å²) in [6.45, 7) is 5.44. The average Bonchev–Trinajstić information content (AvgIpc) is 2.91. The van der Waals surface area contributed by atoms with Gasteiger partial charge in [0.2, 0.25) is 0 Å². The average molecular weight is 479 g/mol. The zero-order valence-electron chi connectivity index (χ0n) is 21.7. The molecule has 1 fully saturated rings. The normalized spacial score (nSPS) is 23.5. The third-order valence-electron chi connectivity index (χ3n) is 8.36. The van der Waals surface area contributed by atoms with E-state index in [0.717, 1.165) is 68.3 Å². The van der Waals surface area contributed by atoms with Crippen LogP contribution in [-0.2, 0) is 12.8 Å². The van der Waals surface area contributed by atoms with E-state index in [9.17, 15) is 0 Å². The molecule has 5 rings (SSSR count). The molecule has 0 bridgehead atoms. The van der Waals surface area contributed by atoms with Crippen molar-refractivity contribution in [3.05, 3.63) is 46.5 Å². The number of methoxy groups -OCH3 is 4. The van der Waals surface area contributed by atoms with Gasteiger partial charge in [-0.3, -0.25) is 9.89 Å². The van der Waals surface area contributed by atoms with Crippen LogP contribution in [-0.4, -0.2) is 58.7 Å². The maximum atomic E-state index is 5.67. The van der Waals surface area contributed by atoms with Gasteiger partial charge in [-0.2, -0.15) is 0 Å². The van der Waals surface area contributed by atoms with E-state index < -0.39 is 0 Å². The van der Waals surface area contributed by atoms with Gasteiger partial charge in [0.25, 0.3) is 0 Å². The number of rotatable bonds is 7. The molecule has 3 aliphatic heterocycles. The number of hydrogen-bond donors (Lipinski definition) is 0. The van der Waals surface area contributed by atoms with Crippen molar-refractivity contribution in [3.8, 4) is 23.0 Å². The lowest BCUT2D eigenvalue weighted by atomic mass is 9.73. The minimum absolute atomic E-state index is 0.417. The second-order valence-electron chi connectivity index (χ2n) is 9.98. The molecule has 0 unspecified atom stereocenters. The summed E-state index contributed by atoms with van der Waals surface area (Å²) in [4.78, 5) is 7.73. The van der Waals surface area contributed by atoms with Gasteiger partial charge in [-0.25, -0.2) is 0 Å². The first-order chi connectivity index (χ1) is 17.1. The van der Waals surface area contributed by atoms with E-state index in [2.05, 4.69) is 36.1 Å². The second kappa shape index (κ2) is 10.1. The Hall–Kier alpha value is -2.73. The summed E-state index contributed by atoms with van der Waals surface area (Å²) >= 11 is 0. The molecule has 0 aliphatic carbocycles. The first kappa shape index (κ1) is 24.0. The molecule has 2 aromatic rings. The standard InChI is InChI=1S/C29H38N2O4/c1-6-18-17-31-10-8-20-14-27(33-3)29(35-5)16-23(20)25(31)12-21(18)11-24-22-15-28(34-4)26(32-2)13-19(22)7-9-30-24/h13-16,18,21,25H,6-12,17H2,1-5H3/t18-,21-,25+/m1/s1. The molecule has 0 aromatic heterocycles. The molecule has 0 saturated carbocycles. The van der Waals surface area contributed by atoms with E-state index in [1.807, 2.05) is 0 Å². The molecular formula is C29H38N2O4. The SMILES string of the molecule is CC[C@@H]1CN2CCc3cc(OC)c(OC)cc3[C@@H]2C[C@H]1CC1=NCCc2cc(OC)c(OC)cc21. The molecule has 1 saturated heterocycles. The van der Waals surface area contributed by atoms with E-state index >= 15 is 0 Å². The van der Waals surface area contributed by atoms with Crippen molar-refractivity contribution in [1.82, 2.24) is 4.90 Å². The van der Waals surface area contributed by atoms with E-state index in [1.54, 1.807) is 28.4 Å². The maximum Gasteiger partial charge on any atom is 0.161 e. The van der Waals surface area contributed by atoms with Crippen LogP contribution in [0.5, 0.6) is 23.0 Å². The first-order valence-electron chi connectivity index (χ1n) is 12.9. The number of hydrogen-bond acceptors (Lipinski definition) is 6. The van der Waals surface area contributed by atoms with E-state index in [-0.39, 0.29) is 0 Å². The summed E-state index contributed by atoms with van der Waals surface area (Å²) < 4.78 is 22.4. The summed E-state index contributed by atoms with van der Waals surface area (Å²) in [6.07, 6.45) is 5.36. The van der Waals surface area contributed by atoms with Gasteiger partial charge in [0.15, 0.2) is 23.0 Å². The van der Waals surface area contributed by atoms with Crippen molar-refractivity contribution >= 4 is 5.71 Å². The topological polar surface area (TPSA) is 52.5 Å². The Morgan fingerprint density at radius 1 is 0.829 bits per heavy atom. The highest BCUT2D eigenvalue weighted by molar-refractivity contribution is 6.03. The molecule has 0 radical (unpaired) electrons. The number of aliphatic imine (C=N–C) groups is 1. The third kappa shape index (κ3) is 4.37. The number of fused-ring (bicyclic) bond motifs is 4. The van der Waals surface area contributed by atoms with Crippen molar-refractivity contribution < 1.29 is 18.9 Å². The molecule has 2 aromatic carbocycles. The van der Waals surface area contributed by atoms with Gasteiger partial charge in [0.05, 0.1) is 28.4 Å². The van der Waals surface area contributed by atoms with Crippen LogP contribution in [0.3, 0.4) is 0 Å². The van der Waals surface area contributed by atoms with Crippen LogP contribution in [0.15, 0.2) is 29.3 Å². The van der Waals surface area contributed by atoms with Crippen LogP contribution < -0.4 is 18.9 Å². The Labute approximate surface area is 209 Å². The molecule has 3 aliphatic rings. The van der Waals surface area contributed by atoms with E-state index in [4.69, 9.17) is 23.9 Å². The smallest absolute Gasteiger partial charge is 0.161 e. The van der Waals surface area contributed by atoms with E-state index in [0.29, 0.717) is 17.9 Å². The third-order valence-corrected chi connectivity index (χ3v) is 8.36. The van der Waals surface area contributed by atoms with Crippen LogP contribution in [0.2, 0.25) is 0 Å². The van der Waals surface area contributed by atoms with Gasteiger partial charge in [-0.1, -0.05) is 13.3 Å². The van der Waals surface area contributed by atoms with Crippen LogP contribution in [0.25, 0.3) is 0 Å². The monoisotopic (exact) mass is 478 g/mol. The van der Waals surface area contributed by atoms with Gasteiger partial charge in [-0.15, -0.1) is 0 Å². The minimum Gasteiger partial charge on any atom is -0.493 e. The number of nitrogens with zero attached hydrogens (tertiary/aromatic N) is 2. The summed E-state index contributed by atoms with van der Waals surface area (Å²) in [5, 5.41) is 0. The summed E-state index contributed by atoms with van der Waals surface area (Å²) in [5.41, 5.74) is 6.59. The quantitative estimate of drug-likeness (QED) is 0.554. The van der Waals surface area contributed by atoms with Crippen molar-refractivity contribution in [3.63, 3.8) is 0 Å². The largest absolute Gasteiger partial charge is 0.493 e.